The van der Waals surface area contributed by atoms with Crippen molar-refractivity contribution in [2.45, 2.75) is 34.6 Å². The van der Waals surface area contributed by atoms with E-state index in [4.69, 9.17) is 11.1 Å². The lowest BCUT2D eigenvalue weighted by atomic mass is 10.0. The predicted molar refractivity (Wildman–Crippen MR) is 88.3 cm³/mol. The molecule has 0 atom stereocenters. The Balaban J connectivity index is 0.000000956. The monoisotopic (exact) mass is 269 g/mol. The minimum atomic E-state index is 0.606. The first-order valence-corrected chi connectivity index (χ1v) is 6.88. The van der Waals surface area contributed by atoms with E-state index in [1.54, 1.807) is 6.08 Å². The van der Waals surface area contributed by atoms with Crippen molar-refractivity contribution in [2.75, 3.05) is 0 Å². The quantitative estimate of drug-likeness (QED) is 0.805. The van der Waals surface area contributed by atoms with Gasteiger partial charge in [0, 0.05) is 23.0 Å². The molecule has 0 aliphatic carbocycles. The molecule has 1 heterocycles. The third kappa shape index (κ3) is 3.23. The summed E-state index contributed by atoms with van der Waals surface area (Å²) in [5.41, 5.74) is 11.8. The van der Waals surface area contributed by atoms with Crippen LogP contribution >= 0.6 is 0 Å². The molecule has 3 nitrogen and oxygen atoms in total. The molecule has 0 fully saturated rings. The van der Waals surface area contributed by atoms with E-state index in [2.05, 4.69) is 18.0 Å². The van der Waals surface area contributed by atoms with E-state index in [9.17, 15) is 0 Å². The van der Waals surface area contributed by atoms with Crippen LogP contribution in [0.4, 0.5) is 0 Å². The van der Waals surface area contributed by atoms with Gasteiger partial charge in [0.25, 0.3) is 0 Å². The Bertz CT molecular complexity index is 655. The largest absolute Gasteiger partial charge is 0.398 e. The maximum Gasteiger partial charge on any atom is 0.0737 e. The van der Waals surface area contributed by atoms with E-state index in [1.807, 2.05) is 39.8 Å². The highest BCUT2D eigenvalue weighted by molar-refractivity contribution is 5.90. The Morgan fingerprint density at radius 2 is 1.75 bits per heavy atom. The minimum Gasteiger partial charge on any atom is -0.398 e. The topological polar surface area (TPSA) is 62.8 Å². The van der Waals surface area contributed by atoms with Crippen molar-refractivity contribution in [3.8, 4) is 0 Å². The van der Waals surface area contributed by atoms with E-state index in [0.29, 0.717) is 5.70 Å². The number of nitrogens with two attached hydrogens (primary N) is 1. The van der Waals surface area contributed by atoms with Crippen LogP contribution in [0.3, 0.4) is 0 Å². The van der Waals surface area contributed by atoms with Gasteiger partial charge in [-0.2, -0.15) is 0 Å². The van der Waals surface area contributed by atoms with E-state index in [0.717, 1.165) is 27.7 Å². The number of aromatic nitrogens is 1. The Labute approximate surface area is 121 Å². The van der Waals surface area contributed by atoms with E-state index >= 15 is 0 Å². The zero-order valence-electron chi connectivity index (χ0n) is 12.9. The smallest absolute Gasteiger partial charge is 0.0737 e. The zero-order chi connectivity index (χ0) is 15.3. The summed E-state index contributed by atoms with van der Waals surface area (Å²) in [7, 11) is 0. The van der Waals surface area contributed by atoms with Gasteiger partial charge in [-0.05, 0) is 61.7 Å². The molecule has 3 N–H and O–H groups in total. The summed E-state index contributed by atoms with van der Waals surface area (Å²) in [6.07, 6.45) is 2.80. The van der Waals surface area contributed by atoms with Crippen LogP contribution in [-0.4, -0.2) is 11.2 Å². The number of pyridine rings is 1. The van der Waals surface area contributed by atoms with Crippen LogP contribution in [0.15, 0.2) is 24.3 Å². The van der Waals surface area contributed by atoms with Crippen LogP contribution in [0, 0.1) is 26.2 Å². The molecule has 0 aliphatic rings. The lowest BCUT2D eigenvalue weighted by molar-refractivity contribution is 1.22. The summed E-state index contributed by atoms with van der Waals surface area (Å²) in [5.74, 6) is 0. The average molecular weight is 269 g/mol. The second kappa shape index (κ2) is 6.85. The highest BCUT2D eigenvalue weighted by Crippen LogP contribution is 2.24. The van der Waals surface area contributed by atoms with Gasteiger partial charge in [0.15, 0.2) is 0 Å². The summed E-state index contributed by atoms with van der Waals surface area (Å²) < 4.78 is 0. The third-order valence-electron chi connectivity index (χ3n) is 3.04. The van der Waals surface area contributed by atoms with Crippen LogP contribution in [0.5, 0.6) is 0 Å². The van der Waals surface area contributed by atoms with Crippen molar-refractivity contribution in [1.29, 1.82) is 5.41 Å². The van der Waals surface area contributed by atoms with Crippen molar-refractivity contribution in [1.82, 2.24) is 4.98 Å². The number of benzene rings is 1. The first-order valence-electron chi connectivity index (χ1n) is 6.88. The standard InChI is InChI=1S/C15H17N3.C2H6/c1-9-6-11(3)18-15-10(2)7-12(8-13(9)15)14(17)4-5-16;1-2/h4-8,16H,17H2,1-3H3;1-2H3/b14-4-,16-5?;. The van der Waals surface area contributed by atoms with Gasteiger partial charge in [-0.3, -0.25) is 4.98 Å². The van der Waals surface area contributed by atoms with Gasteiger partial charge in [-0.25, -0.2) is 0 Å². The molecule has 1 aromatic heterocycles. The van der Waals surface area contributed by atoms with E-state index in [1.165, 1.54) is 11.8 Å². The number of nitrogens with one attached hydrogen (secondary N) is 1. The Morgan fingerprint density at radius 1 is 1.10 bits per heavy atom. The van der Waals surface area contributed by atoms with Crippen LogP contribution in [0.25, 0.3) is 16.6 Å². The van der Waals surface area contributed by atoms with Crippen molar-refractivity contribution < 1.29 is 0 Å². The minimum absolute atomic E-state index is 0.606. The highest BCUT2D eigenvalue weighted by Gasteiger charge is 2.07. The second-order valence-corrected chi connectivity index (χ2v) is 4.56. The van der Waals surface area contributed by atoms with Crippen LogP contribution in [-0.2, 0) is 0 Å². The fourth-order valence-electron chi connectivity index (χ4n) is 2.18. The molecule has 0 unspecified atom stereocenters. The van der Waals surface area contributed by atoms with Gasteiger partial charge in [-0.15, -0.1) is 0 Å². The first-order chi connectivity index (χ1) is 9.52. The summed E-state index contributed by atoms with van der Waals surface area (Å²) in [6.45, 7) is 10.1. The van der Waals surface area contributed by atoms with Crippen molar-refractivity contribution in [2.24, 2.45) is 5.73 Å². The molecule has 0 bridgehead atoms. The summed E-state index contributed by atoms with van der Waals surface area (Å²) in [6, 6.07) is 6.13. The van der Waals surface area contributed by atoms with Crippen molar-refractivity contribution >= 4 is 22.8 Å². The number of aryl methyl sites for hydroxylation is 3. The predicted octanol–water partition coefficient (Wildman–Crippen LogP) is 4.14. The molecule has 0 saturated carbocycles. The van der Waals surface area contributed by atoms with E-state index < -0.39 is 0 Å². The zero-order valence-corrected chi connectivity index (χ0v) is 12.9. The molecule has 0 aliphatic heterocycles. The SMILES string of the molecule is CC.Cc1cc(C)c2cc(/C(N)=C/C=N)cc(C)c2n1. The van der Waals surface area contributed by atoms with Gasteiger partial charge in [-0.1, -0.05) is 13.8 Å². The molecule has 3 heteroatoms. The van der Waals surface area contributed by atoms with Crippen LogP contribution < -0.4 is 5.73 Å². The van der Waals surface area contributed by atoms with Crippen molar-refractivity contribution in [3.63, 3.8) is 0 Å². The van der Waals surface area contributed by atoms with Gasteiger partial charge in [0.2, 0.25) is 0 Å². The molecule has 20 heavy (non-hydrogen) atoms. The lowest BCUT2D eigenvalue weighted by Gasteiger charge is -2.10. The second-order valence-electron chi connectivity index (χ2n) is 4.56. The maximum atomic E-state index is 7.08. The lowest BCUT2D eigenvalue weighted by Crippen LogP contribution is -1.99. The van der Waals surface area contributed by atoms with Gasteiger partial charge in [0.05, 0.1) is 5.52 Å². The van der Waals surface area contributed by atoms with Gasteiger partial charge >= 0.3 is 0 Å². The maximum absolute atomic E-state index is 7.08. The molecular formula is C17H23N3. The highest BCUT2D eigenvalue weighted by atomic mass is 14.7. The molecule has 0 amide bonds. The van der Waals surface area contributed by atoms with Crippen LogP contribution in [0.2, 0.25) is 0 Å². The number of rotatable bonds is 2. The summed E-state index contributed by atoms with van der Waals surface area (Å²) >= 11 is 0. The summed E-state index contributed by atoms with van der Waals surface area (Å²) in [5, 5.41) is 8.20. The number of allylic oxidation sites excluding steroid dienone is 1. The molecule has 1 aromatic carbocycles. The van der Waals surface area contributed by atoms with Gasteiger partial charge in [0.1, 0.15) is 0 Å². The molecule has 2 rings (SSSR count). The fourth-order valence-corrected chi connectivity index (χ4v) is 2.18. The number of hydrogen-bond donors (Lipinski definition) is 2. The van der Waals surface area contributed by atoms with E-state index in [-0.39, 0.29) is 0 Å². The Hall–Kier alpha value is -2.16. The summed E-state index contributed by atoms with van der Waals surface area (Å²) in [4.78, 5) is 4.58. The Kier molecular flexibility index (Phi) is 5.44. The molecular weight excluding hydrogens is 246 g/mol. The molecule has 0 saturated heterocycles. The molecule has 0 radical (unpaired) electrons. The number of fused-ring (bicyclic) bond motifs is 1. The normalized spacial score (nSPS) is 10.9. The fraction of sp³-hybridized carbons (Fsp3) is 0.294. The molecule has 106 valence electrons. The average Bonchev–Trinajstić information content (AvgIpc) is 2.42. The third-order valence-corrected chi connectivity index (χ3v) is 3.04. The molecule has 0 spiro atoms. The van der Waals surface area contributed by atoms with Gasteiger partial charge < -0.3 is 11.1 Å². The number of hydrogen-bond acceptors (Lipinski definition) is 3. The Morgan fingerprint density at radius 3 is 2.35 bits per heavy atom. The number of nitrogens with zero attached hydrogens (tertiary/aromatic N) is 1. The van der Waals surface area contributed by atoms with Crippen molar-refractivity contribution in [3.05, 3.63) is 46.7 Å². The van der Waals surface area contributed by atoms with Crippen LogP contribution in [0.1, 0.15) is 36.2 Å². The molecule has 2 aromatic rings. The first kappa shape index (κ1) is 15.9.